The van der Waals surface area contributed by atoms with Gasteiger partial charge in [0.2, 0.25) is 0 Å². The van der Waals surface area contributed by atoms with Crippen LogP contribution in [0.25, 0.3) is 11.1 Å². The summed E-state index contributed by atoms with van der Waals surface area (Å²) in [6.45, 7) is 3.58. The second kappa shape index (κ2) is 10.2. The second-order valence-electron chi connectivity index (χ2n) is 5.80. The fourth-order valence-corrected chi connectivity index (χ4v) is 2.63. The third-order valence-corrected chi connectivity index (χ3v) is 3.86. The molecule has 0 aliphatic carbocycles. The molecular weight excluding hydrogens is 373 g/mol. The Morgan fingerprint density at radius 1 is 1.15 bits per heavy atom. The van der Waals surface area contributed by atoms with Gasteiger partial charge in [0, 0.05) is 24.8 Å². The molecule has 1 aromatic carbocycles. The first-order chi connectivity index (χ1) is 11.7. The van der Waals surface area contributed by atoms with Gasteiger partial charge >= 0.3 is 0 Å². The summed E-state index contributed by atoms with van der Waals surface area (Å²) in [5, 5.41) is 0. The molecule has 0 atom stereocenters. The van der Waals surface area contributed by atoms with Crippen LogP contribution in [0.3, 0.4) is 0 Å². The van der Waals surface area contributed by atoms with Crippen LogP contribution in [0.1, 0.15) is 28.2 Å². The summed E-state index contributed by atoms with van der Waals surface area (Å²) >= 11 is 0. The third kappa shape index (κ3) is 5.21. The number of furan rings is 1. The molecule has 1 amide bonds. The van der Waals surface area contributed by atoms with E-state index in [0.717, 1.165) is 17.7 Å². The highest BCUT2D eigenvalue weighted by atomic mass is 35.5. The molecule has 0 aliphatic rings. The molecule has 0 saturated carbocycles. The minimum absolute atomic E-state index is 0. The van der Waals surface area contributed by atoms with Crippen LogP contribution in [0, 0.1) is 6.92 Å². The van der Waals surface area contributed by atoms with E-state index in [4.69, 9.17) is 10.2 Å². The molecule has 0 bridgehead atoms. The van der Waals surface area contributed by atoms with E-state index in [-0.39, 0.29) is 30.7 Å². The number of aromatic nitrogens is 1. The zero-order valence-electron chi connectivity index (χ0n) is 14.6. The highest BCUT2D eigenvalue weighted by Gasteiger charge is 2.20. The molecule has 0 saturated heterocycles. The maximum atomic E-state index is 12.9. The fraction of sp³-hybridized carbons (Fsp3) is 0.263. The van der Waals surface area contributed by atoms with Crippen molar-refractivity contribution in [3.05, 3.63) is 65.5 Å². The third-order valence-electron chi connectivity index (χ3n) is 3.86. The molecule has 2 N–H and O–H groups in total. The summed E-state index contributed by atoms with van der Waals surface area (Å²) in [6, 6.07) is 15.3. The Labute approximate surface area is 165 Å². The summed E-state index contributed by atoms with van der Waals surface area (Å²) in [4.78, 5) is 19.0. The lowest BCUT2D eigenvalue weighted by atomic mass is 10.2. The maximum Gasteiger partial charge on any atom is 0.289 e. The second-order valence-corrected chi connectivity index (χ2v) is 5.80. The number of carbonyl (C=O) groups excluding carboxylic acids is 1. The van der Waals surface area contributed by atoms with E-state index < -0.39 is 0 Å². The van der Waals surface area contributed by atoms with Crippen LogP contribution >= 0.6 is 24.8 Å². The zero-order valence-corrected chi connectivity index (χ0v) is 16.2. The SMILES string of the molecule is Cc1ccc2oc(C(=O)N(CCCN)Cc3ccccc3)cc2n1.Cl.Cl. The maximum absolute atomic E-state index is 12.9. The number of nitrogens with zero attached hydrogens (tertiary/aromatic N) is 2. The van der Waals surface area contributed by atoms with Crippen molar-refractivity contribution >= 4 is 41.8 Å². The van der Waals surface area contributed by atoms with E-state index in [2.05, 4.69) is 4.98 Å². The van der Waals surface area contributed by atoms with Crippen molar-refractivity contribution in [2.45, 2.75) is 19.9 Å². The predicted molar refractivity (Wildman–Crippen MR) is 108 cm³/mol. The smallest absolute Gasteiger partial charge is 0.289 e. The lowest BCUT2D eigenvalue weighted by Gasteiger charge is -2.21. The summed E-state index contributed by atoms with van der Waals surface area (Å²) < 4.78 is 5.70. The highest BCUT2D eigenvalue weighted by molar-refractivity contribution is 5.95. The Morgan fingerprint density at radius 2 is 1.88 bits per heavy atom. The largest absolute Gasteiger partial charge is 0.449 e. The van der Waals surface area contributed by atoms with Gasteiger partial charge in [-0.1, -0.05) is 30.3 Å². The first-order valence-corrected chi connectivity index (χ1v) is 8.08. The number of aryl methyl sites for hydroxylation is 1. The summed E-state index contributed by atoms with van der Waals surface area (Å²) in [5.41, 5.74) is 8.92. The number of carbonyl (C=O) groups is 1. The lowest BCUT2D eigenvalue weighted by molar-refractivity contribution is 0.0712. The van der Waals surface area contributed by atoms with Crippen LogP contribution in [0.5, 0.6) is 0 Å². The number of fused-ring (bicyclic) bond motifs is 1. The fourth-order valence-electron chi connectivity index (χ4n) is 2.63. The molecule has 3 rings (SSSR count). The van der Waals surface area contributed by atoms with Gasteiger partial charge in [0.15, 0.2) is 11.3 Å². The summed E-state index contributed by atoms with van der Waals surface area (Å²) in [6.07, 6.45) is 0.746. The number of rotatable bonds is 6. The van der Waals surface area contributed by atoms with E-state index in [1.54, 1.807) is 11.0 Å². The minimum atomic E-state index is -0.136. The van der Waals surface area contributed by atoms with Crippen molar-refractivity contribution < 1.29 is 9.21 Å². The van der Waals surface area contributed by atoms with Crippen molar-refractivity contribution in [2.24, 2.45) is 5.73 Å². The number of nitrogens with two attached hydrogens (primary N) is 1. The molecule has 140 valence electrons. The van der Waals surface area contributed by atoms with Gasteiger partial charge in [-0.2, -0.15) is 0 Å². The number of hydrogen-bond acceptors (Lipinski definition) is 4. The molecule has 7 heteroatoms. The molecule has 0 unspecified atom stereocenters. The Kier molecular flexibility index (Phi) is 8.58. The Balaban J connectivity index is 0.00000169. The highest BCUT2D eigenvalue weighted by Crippen LogP contribution is 2.20. The predicted octanol–water partition coefficient (Wildman–Crippen LogP) is 3.97. The van der Waals surface area contributed by atoms with Crippen LogP contribution in [0.2, 0.25) is 0 Å². The number of hydrogen-bond donors (Lipinski definition) is 1. The number of amides is 1. The van der Waals surface area contributed by atoms with Crippen molar-refractivity contribution in [1.29, 1.82) is 0 Å². The van der Waals surface area contributed by atoms with Gasteiger partial charge in [-0.05, 0) is 37.6 Å². The van der Waals surface area contributed by atoms with E-state index in [0.29, 0.717) is 36.5 Å². The van der Waals surface area contributed by atoms with Crippen molar-refractivity contribution in [1.82, 2.24) is 9.88 Å². The number of benzene rings is 1. The van der Waals surface area contributed by atoms with Gasteiger partial charge < -0.3 is 15.1 Å². The average molecular weight is 396 g/mol. The monoisotopic (exact) mass is 395 g/mol. The summed E-state index contributed by atoms with van der Waals surface area (Å²) in [5.74, 6) is 0.180. The first kappa shape index (κ1) is 22.0. The molecule has 0 radical (unpaired) electrons. The van der Waals surface area contributed by atoms with E-state index >= 15 is 0 Å². The van der Waals surface area contributed by atoms with Crippen molar-refractivity contribution in [2.75, 3.05) is 13.1 Å². The van der Waals surface area contributed by atoms with Gasteiger partial charge in [0.25, 0.3) is 5.91 Å². The van der Waals surface area contributed by atoms with Crippen LogP contribution in [0.15, 0.2) is 52.9 Å². The molecular formula is C19H23Cl2N3O2. The first-order valence-electron chi connectivity index (χ1n) is 8.08. The van der Waals surface area contributed by atoms with E-state index in [9.17, 15) is 4.79 Å². The van der Waals surface area contributed by atoms with Crippen LogP contribution in [0.4, 0.5) is 0 Å². The standard InChI is InChI=1S/C19H21N3O2.2ClH/c1-14-8-9-17-16(21-14)12-18(24-17)19(23)22(11-5-10-20)13-15-6-3-2-4-7-15;;/h2-4,6-9,12H,5,10-11,13,20H2,1H3;2*1H. The van der Waals surface area contributed by atoms with Crippen LogP contribution < -0.4 is 5.73 Å². The number of halogens is 2. The Bertz CT molecular complexity index is 837. The molecule has 0 fully saturated rings. The Morgan fingerprint density at radius 3 is 2.58 bits per heavy atom. The minimum Gasteiger partial charge on any atom is -0.449 e. The van der Waals surface area contributed by atoms with Crippen molar-refractivity contribution in [3.63, 3.8) is 0 Å². The van der Waals surface area contributed by atoms with Gasteiger partial charge in [-0.15, -0.1) is 24.8 Å². The van der Waals surface area contributed by atoms with E-state index in [1.807, 2.05) is 49.4 Å². The quantitative estimate of drug-likeness (QED) is 0.684. The van der Waals surface area contributed by atoms with Crippen LogP contribution in [-0.2, 0) is 6.54 Å². The van der Waals surface area contributed by atoms with Crippen LogP contribution in [-0.4, -0.2) is 28.9 Å². The average Bonchev–Trinajstić information content (AvgIpc) is 3.02. The van der Waals surface area contributed by atoms with Gasteiger partial charge in [-0.3, -0.25) is 4.79 Å². The van der Waals surface area contributed by atoms with Gasteiger partial charge in [0.1, 0.15) is 5.52 Å². The Hall–Kier alpha value is -2.08. The summed E-state index contributed by atoms with van der Waals surface area (Å²) in [7, 11) is 0. The topological polar surface area (TPSA) is 72.4 Å². The van der Waals surface area contributed by atoms with Crippen molar-refractivity contribution in [3.8, 4) is 0 Å². The van der Waals surface area contributed by atoms with Gasteiger partial charge in [-0.25, -0.2) is 4.98 Å². The molecule has 0 spiro atoms. The molecule has 2 heterocycles. The van der Waals surface area contributed by atoms with Gasteiger partial charge in [0.05, 0.1) is 0 Å². The molecule has 2 aromatic heterocycles. The number of pyridine rings is 1. The molecule has 26 heavy (non-hydrogen) atoms. The normalized spacial score (nSPS) is 10.1. The van der Waals surface area contributed by atoms with E-state index in [1.165, 1.54) is 0 Å². The molecule has 5 nitrogen and oxygen atoms in total. The zero-order chi connectivity index (χ0) is 16.9. The molecule has 3 aromatic rings. The lowest BCUT2D eigenvalue weighted by Crippen LogP contribution is -2.32. The molecule has 0 aliphatic heterocycles.